The maximum atomic E-state index is 11.9. The van der Waals surface area contributed by atoms with Crippen molar-refractivity contribution in [2.45, 2.75) is 20.3 Å². The smallest absolute Gasteiger partial charge is 0.167 e. The molecule has 0 bridgehead atoms. The number of carbonyl (C=O) groups is 2. The number of benzene rings is 2. The van der Waals surface area contributed by atoms with Gasteiger partial charge in [0.25, 0.3) is 0 Å². The molecule has 1 unspecified atom stereocenters. The van der Waals surface area contributed by atoms with Crippen molar-refractivity contribution in [1.82, 2.24) is 0 Å². The molecule has 1 aliphatic rings. The zero-order chi connectivity index (χ0) is 19.7. The molecule has 0 saturated carbocycles. The normalized spacial score (nSPS) is 14.4. The van der Waals surface area contributed by atoms with Gasteiger partial charge in [-0.2, -0.15) is 0 Å². The van der Waals surface area contributed by atoms with Crippen LogP contribution in [0.2, 0.25) is 10.0 Å². The van der Waals surface area contributed by atoms with Gasteiger partial charge in [0, 0.05) is 18.6 Å². The van der Waals surface area contributed by atoms with E-state index in [9.17, 15) is 9.59 Å². The van der Waals surface area contributed by atoms with E-state index < -0.39 is 0 Å². The minimum Gasteiger partial charge on any atom is -0.485 e. The molecule has 2 aromatic rings. The van der Waals surface area contributed by atoms with Crippen LogP contribution < -0.4 is 4.74 Å². The SMILES string of the molecule is CC1Cc2cc(OCC=O)c(Cl)c(Cl)c2C1=O.CO.Cc1ccccc1. The van der Waals surface area contributed by atoms with Crippen molar-refractivity contribution >= 4 is 35.3 Å². The highest BCUT2D eigenvalue weighted by molar-refractivity contribution is 6.45. The van der Waals surface area contributed by atoms with Crippen molar-refractivity contribution in [3.63, 3.8) is 0 Å². The first-order valence-corrected chi connectivity index (χ1v) is 8.79. The minimum absolute atomic E-state index is 0.00818. The predicted octanol–water partition coefficient (Wildman–Crippen LogP) is 4.55. The standard InChI is InChI=1S/C12H10Cl2O3.C7H8.CH4O/c1-6-4-7-5-8(17-3-2-15)10(13)11(14)9(7)12(6)16;1-7-5-3-2-4-6-7;1-2/h2,5-6H,3-4H2,1H3;2-6H,1H3;2H,1H3. The topological polar surface area (TPSA) is 63.6 Å². The lowest BCUT2D eigenvalue weighted by Gasteiger charge is -2.09. The van der Waals surface area contributed by atoms with Gasteiger partial charge in [0.15, 0.2) is 12.1 Å². The first-order chi connectivity index (χ1) is 12.5. The Balaban J connectivity index is 0.000000313. The number of carbonyl (C=O) groups excluding carboxylic acids is 2. The molecule has 0 aliphatic heterocycles. The van der Waals surface area contributed by atoms with Crippen LogP contribution in [-0.4, -0.2) is 30.9 Å². The monoisotopic (exact) mass is 396 g/mol. The summed E-state index contributed by atoms with van der Waals surface area (Å²) in [5, 5.41) is 7.41. The van der Waals surface area contributed by atoms with Crippen molar-refractivity contribution in [2.75, 3.05) is 13.7 Å². The molecule has 0 fully saturated rings. The van der Waals surface area contributed by atoms with E-state index in [1.165, 1.54) is 5.56 Å². The number of hydrogen-bond donors (Lipinski definition) is 1. The van der Waals surface area contributed by atoms with Gasteiger partial charge in [-0.3, -0.25) is 9.59 Å². The largest absolute Gasteiger partial charge is 0.485 e. The number of ketones is 1. The molecule has 26 heavy (non-hydrogen) atoms. The molecule has 0 heterocycles. The Morgan fingerprint density at radius 1 is 1.19 bits per heavy atom. The summed E-state index contributed by atoms with van der Waals surface area (Å²) in [7, 11) is 1.00. The molecule has 3 rings (SSSR count). The number of hydrogen-bond acceptors (Lipinski definition) is 4. The zero-order valence-corrected chi connectivity index (χ0v) is 16.5. The van der Waals surface area contributed by atoms with Crippen LogP contribution in [0.1, 0.15) is 28.4 Å². The fourth-order valence-corrected chi connectivity index (χ4v) is 3.02. The summed E-state index contributed by atoms with van der Waals surface area (Å²) < 4.78 is 5.17. The number of fused-ring (bicyclic) bond motifs is 1. The van der Waals surface area contributed by atoms with Crippen LogP contribution in [-0.2, 0) is 11.2 Å². The Labute approximate surface area is 163 Å². The molecule has 140 valence electrons. The summed E-state index contributed by atoms with van der Waals surface area (Å²) in [6.07, 6.45) is 1.26. The average molecular weight is 397 g/mol. The minimum atomic E-state index is -0.0850. The maximum Gasteiger partial charge on any atom is 0.167 e. The molecule has 0 spiro atoms. The van der Waals surface area contributed by atoms with Gasteiger partial charge in [-0.05, 0) is 25.0 Å². The van der Waals surface area contributed by atoms with Gasteiger partial charge in [-0.25, -0.2) is 0 Å². The van der Waals surface area contributed by atoms with Crippen molar-refractivity contribution in [2.24, 2.45) is 5.92 Å². The van der Waals surface area contributed by atoms with E-state index in [-0.39, 0.29) is 28.4 Å². The van der Waals surface area contributed by atoms with Gasteiger partial charge < -0.3 is 9.84 Å². The van der Waals surface area contributed by atoms with E-state index in [1.807, 2.05) is 25.1 Å². The van der Waals surface area contributed by atoms with E-state index in [1.54, 1.807) is 6.07 Å². The molecule has 2 aromatic carbocycles. The Kier molecular flexibility index (Phi) is 9.35. The summed E-state index contributed by atoms with van der Waals surface area (Å²) in [5.74, 6) is 0.276. The van der Waals surface area contributed by atoms with E-state index in [4.69, 9.17) is 33.0 Å². The third kappa shape index (κ3) is 5.56. The molecule has 1 atom stereocenters. The average Bonchev–Trinajstić information content (AvgIpc) is 2.94. The lowest BCUT2D eigenvalue weighted by Crippen LogP contribution is -2.04. The van der Waals surface area contributed by atoms with Crippen molar-refractivity contribution in [1.29, 1.82) is 0 Å². The first kappa shape index (κ1) is 22.2. The number of aryl methyl sites for hydroxylation is 1. The Morgan fingerprint density at radius 3 is 2.31 bits per heavy atom. The third-order valence-electron chi connectivity index (χ3n) is 3.72. The highest BCUT2D eigenvalue weighted by Crippen LogP contribution is 2.41. The van der Waals surface area contributed by atoms with Crippen molar-refractivity contribution in [3.8, 4) is 5.75 Å². The van der Waals surface area contributed by atoms with Gasteiger partial charge in [-0.1, -0.05) is 66.0 Å². The van der Waals surface area contributed by atoms with Crippen LogP contribution in [0.5, 0.6) is 5.75 Å². The van der Waals surface area contributed by atoms with Crippen LogP contribution >= 0.6 is 23.2 Å². The predicted molar refractivity (Wildman–Crippen MR) is 105 cm³/mol. The van der Waals surface area contributed by atoms with Gasteiger partial charge in [0.05, 0.1) is 5.02 Å². The quantitative estimate of drug-likeness (QED) is 0.772. The summed E-state index contributed by atoms with van der Waals surface area (Å²) in [6.45, 7) is 3.84. The summed E-state index contributed by atoms with van der Waals surface area (Å²) >= 11 is 12.1. The molecule has 1 N–H and O–H groups in total. The molecule has 6 heteroatoms. The van der Waals surface area contributed by atoms with Crippen LogP contribution in [0.4, 0.5) is 0 Å². The molecule has 0 amide bonds. The second-order valence-corrected chi connectivity index (χ2v) is 6.39. The zero-order valence-electron chi connectivity index (χ0n) is 15.0. The second-order valence-electron chi connectivity index (χ2n) is 5.64. The number of Topliss-reactive ketones (excluding diaryl/α,β-unsaturated/α-hetero) is 1. The van der Waals surface area contributed by atoms with E-state index in [0.29, 0.717) is 24.0 Å². The lowest BCUT2D eigenvalue weighted by molar-refractivity contribution is -0.109. The van der Waals surface area contributed by atoms with Crippen LogP contribution in [0, 0.1) is 12.8 Å². The fraction of sp³-hybridized carbons (Fsp3) is 0.300. The number of ether oxygens (including phenoxy) is 1. The highest BCUT2D eigenvalue weighted by Gasteiger charge is 2.31. The Morgan fingerprint density at radius 2 is 1.81 bits per heavy atom. The number of aliphatic hydroxyl groups is 1. The van der Waals surface area contributed by atoms with E-state index in [2.05, 4.69) is 19.1 Å². The molecular weight excluding hydrogens is 375 g/mol. The summed E-state index contributed by atoms with van der Waals surface area (Å²) in [4.78, 5) is 22.1. The maximum absolute atomic E-state index is 11.9. The molecule has 0 radical (unpaired) electrons. The number of aldehydes is 1. The van der Waals surface area contributed by atoms with Crippen molar-refractivity contribution < 1.29 is 19.4 Å². The van der Waals surface area contributed by atoms with Crippen molar-refractivity contribution in [3.05, 3.63) is 63.1 Å². The highest BCUT2D eigenvalue weighted by atomic mass is 35.5. The number of aliphatic hydroxyl groups excluding tert-OH is 1. The Bertz CT molecular complexity index is 745. The summed E-state index contributed by atoms with van der Waals surface area (Å²) in [6, 6.07) is 12.0. The second kappa shape index (κ2) is 11.0. The van der Waals surface area contributed by atoms with E-state index in [0.717, 1.165) is 12.7 Å². The first-order valence-electron chi connectivity index (χ1n) is 8.03. The molecule has 1 aliphatic carbocycles. The van der Waals surface area contributed by atoms with Crippen LogP contribution in [0.3, 0.4) is 0 Å². The third-order valence-corrected chi connectivity index (χ3v) is 4.57. The number of halogens is 2. The molecule has 0 saturated heterocycles. The fourth-order valence-electron chi connectivity index (χ4n) is 2.51. The van der Waals surface area contributed by atoms with Crippen LogP contribution in [0.25, 0.3) is 0 Å². The Hall–Kier alpha value is -1.88. The van der Waals surface area contributed by atoms with E-state index >= 15 is 0 Å². The molecule has 4 nitrogen and oxygen atoms in total. The van der Waals surface area contributed by atoms with Gasteiger partial charge in [-0.15, -0.1) is 0 Å². The summed E-state index contributed by atoms with van der Waals surface area (Å²) in [5.41, 5.74) is 2.64. The van der Waals surface area contributed by atoms with Crippen LogP contribution in [0.15, 0.2) is 36.4 Å². The number of rotatable bonds is 3. The van der Waals surface area contributed by atoms with Gasteiger partial charge >= 0.3 is 0 Å². The van der Waals surface area contributed by atoms with Gasteiger partial charge in [0.1, 0.15) is 17.4 Å². The molecular formula is C20H22Cl2O4. The lowest BCUT2D eigenvalue weighted by atomic mass is 10.1. The molecule has 0 aromatic heterocycles. The van der Waals surface area contributed by atoms with Gasteiger partial charge in [0.2, 0.25) is 0 Å².